The van der Waals surface area contributed by atoms with Crippen molar-refractivity contribution in [2.24, 2.45) is 0 Å². The van der Waals surface area contributed by atoms with E-state index < -0.39 is 11.6 Å². The van der Waals surface area contributed by atoms with Crippen LogP contribution in [0, 0.1) is 29.3 Å². The molecule has 4 heteroatoms. The fourth-order valence-corrected chi connectivity index (χ4v) is 3.70. The summed E-state index contributed by atoms with van der Waals surface area (Å²) in [6, 6.07) is 20.5. The molecule has 166 valence electrons. The Hall–Kier alpha value is -3.55. The molecule has 0 spiro atoms. The van der Waals surface area contributed by atoms with E-state index in [0.29, 0.717) is 30.6 Å². The number of fused-ring (bicyclic) bond motifs is 1. The van der Waals surface area contributed by atoms with Gasteiger partial charge in [0.05, 0.1) is 12.2 Å². The highest BCUT2D eigenvalue weighted by molar-refractivity contribution is 5.84. The van der Waals surface area contributed by atoms with Gasteiger partial charge in [-0.1, -0.05) is 48.2 Å². The van der Waals surface area contributed by atoms with Crippen molar-refractivity contribution in [3.63, 3.8) is 0 Å². The third-order valence-electron chi connectivity index (χ3n) is 5.56. The molecule has 0 aliphatic carbocycles. The Morgan fingerprint density at radius 3 is 1.94 bits per heavy atom. The fraction of sp³-hybridized carbons (Fsp3) is 0.172. The zero-order chi connectivity index (χ0) is 23.2. The number of hydrogen-bond acceptors (Lipinski definition) is 1. The van der Waals surface area contributed by atoms with Crippen molar-refractivity contribution in [3.05, 3.63) is 118 Å². The highest BCUT2D eigenvalue weighted by Gasteiger charge is 2.10. The SMILES string of the molecule is COCCc1ccc(CCc2cc(F)c(C#Cc3ccc4cc(F)ccc4c3)c(F)c2)cc1. The molecule has 4 aromatic rings. The molecule has 0 unspecified atom stereocenters. The third kappa shape index (κ3) is 5.83. The smallest absolute Gasteiger partial charge is 0.142 e. The first-order valence-electron chi connectivity index (χ1n) is 10.8. The molecule has 0 amide bonds. The number of methoxy groups -OCH3 is 1. The lowest BCUT2D eigenvalue weighted by Gasteiger charge is -2.06. The minimum atomic E-state index is -0.671. The van der Waals surface area contributed by atoms with E-state index in [4.69, 9.17) is 4.74 Å². The summed E-state index contributed by atoms with van der Waals surface area (Å²) >= 11 is 0. The van der Waals surface area contributed by atoms with Gasteiger partial charge in [-0.15, -0.1) is 0 Å². The van der Waals surface area contributed by atoms with Crippen LogP contribution in [-0.2, 0) is 24.0 Å². The normalized spacial score (nSPS) is 10.8. The van der Waals surface area contributed by atoms with Crippen LogP contribution in [-0.4, -0.2) is 13.7 Å². The van der Waals surface area contributed by atoms with Crippen molar-refractivity contribution in [2.45, 2.75) is 19.3 Å². The minimum absolute atomic E-state index is 0.250. The van der Waals surface area contributed by atoms with Crippen LogP contribution in [0.25, 0.3) is 10.8 Å². The van der Waals surface area contributed by atoms with Crippen LogP contribution in [0.4, 0.5) is 13.2 Å². The molecule has 0 atom stereocenters. The van der Waals surface area contributed by atoms with Crippen LogP contribution in [0.15, 0.2) is 72.8 Å². The summed E-state index contributed by atoms with van der Waals surface area (Å²) < 4.78 is 47.6. The molecule has 0 aliphatic heterocycles. The van der Waals surface area contributed by atoms with Crippen LogP contribution in [0.5, 0.6) is 0 Å². The van der Waals surface area contributed by atoms with E-state index in [-0.39, 0.29) is 11.4 Å². The van der Waals surface area contributed by atoms with Gasteiger partial charge < -0.3 is 4.74 Å². The Kier molecular flexibility index (Phi) is 7.12. The second-order valence-corrected chi connectivity index (χ2v) is 7.95. The minimum Gasteiger partial charge on any atom is -0.384 e. The zero-order valence-corrected chi connectivity index (χ0v) is 18.3. The van der Waals surface area contributed by atoms with E-state index in [9.17, 15) is 13.2 Å². The van der Waals surface area contributed by atoms with E-state index in [0.717, 1.165) is 22.8 Å². The largest absolute Gasteiger partial charge is 0.384 e. The predicted octanol–water partition coefficient (Wildman–Crippen LogP) is 6.63. The van der Waals surface area contributed by atoms with Crippen LogP contribution < -0.4 is 0 Å². The monoisotopic (exact) mass is 444 g/mol. The number of aryl methyl sites for hydroxylation is 2. The Balaban J connectivity index is 1.46. The van der Waals surface area contributed by atoms with Gasteiger partial charge in [-0.05, 0) is 83.1 Å². The van der Waals surface area contributed by atoms with Crippen molar-refractivity contribution in [2.75, 3.05) is 13.7 Å². The van der Waals surface area contributed by atoms with Crippen LogP contribution >= 0.6 is 0 Å². The van der Waals surface area contributed by atoms with Gasteiger partial charge in [0.15, 0.2) is 0 Å². The molecule has 33 heavy (non-hydrogen) atoms. The second-order valence-electron chi connectivity index (χ2n) is 7.95. The number of benzene rings is 4. The van der Waals surface area contributed by atoms with Gasteiger partial charge >= 0.3 is 0 Å². The summed E-state index contributed by atoms with van der Waals surface area (Å²) in [7, 11) is 1.68. The molecule has 1 nitrogen and oxygen atoms in total. The molecule has 0 bridgehead atoms. The molecule has 0 fully saturated rings. The highest BCUT2D eigenvalue weighted by atomic mass is 19.1. The van der Waals surface area contributed by atoms with E-state index >= 15 is 0 Å². The molecule has 4 rings (SSSR count). The zero-order valence-electron chi connectivity index (χ0n) is 18.3. The number of halogens is 3. The van der Waals surface area contributed by atoms with Crippen molar-refractivity contribution in [1.82, 2.24) is 0 Å². The van der Waals surface area contributed by atoms with Crippen molar-refractivity contribution < 1.29 is 17.9 Å². The molecule has 0 radical (unpaired) electrons. The standard InChI is InChI=1S/C29H23F3O/c1-33-15-14-21-4-2-20(3-5-21)6-7-23-17-28(31)27(29(32)18-23)13-9-22-8-10-25-19-26(30)12-11-24(25)16-22/h2-5,8,10-12,16-19H,6-7,14-15H2,1H3. The van der Waals surface area contributed by atoms with Gasteiger partial charge in [-0.2, -0.15) is 0 Å². The molecular formula is C29H23F3O. The van der Waals surface area contributed by atoms with Gasteiger partial charge in [-0.25, -0.2) is 13.2 Å². The summed E-state index contributed by atoms with van der Waals surface area (Å²) in [6.07, 6.45) is 2.07. The number of rotatable bonds is 6. The molecule has 0 saturated carbocycles. The Labute approximate surface area is 191 Å². The fourth-order valence-electron chi connectivity index (χ4n) is 3.70. The average Bonchev–Trinajstić information content (AvgIpc) is 2.81. The van der Waals surface area contributed by atoms with Gasteiger partial charge in [0.2, 0.25) is 0 Å². The first-order valence-corrected chi connectivity index (χ1v) is 10.8. The lowest BCUT2D eigenvalue weighted by molar-refractivity contribution is 0.202. The summed E-state index contributed by atoms with van der Waals surface area (Å²) in [5.41, 5.74) is 3.24. The first-order chi connectivity index (χ1) is 16.0. The molecule has 0 saturated heterocycles. The van der Waals surface area contributed by atoms with E-state index in [1.54, 1.807) is 31.4 Å². The van der Waals surface area contributed by atoms with E-state index in [2.05, 4.69) is 24.0 Å². The molecule has 0 N–H and O–H groups in total. The summed E-state index contributed by atoms with van der Waals surface area (Å²) in [5.74, 6) is 3.77. The maximum absolute atomic E-state index is 14.6. The lowest BCUT2D eigenvalue weighted by Crippen LogP contribution is -1.98. The highest BCUT2D eigenvalue weighted by Crippen LogP contribution is 2.19. The molecule has 0 heterocycles. The van der Waals surface area contributed by atoms with Crippen molar-refractivity contribution >= 4 is 10.8 Å². The van der Waals surface area contributed by atoms with Crippen molar-refractivity contribution in [1.29, 1.82) is 0 Å². The summed E-state index contributed by atoms with van der Waals surface area (Å²) in [5, 5.41) is 1.55. The van der Waals surface area contributed by atoms with Crippen LogP contribution in [0.3, 0.4) is 0 Å². The number of ether oxygens (including phenoxy) is 1. The summed E-state index contributed by atoms with van der Waals surface area (Å²) in [4.78, 5) is 0. The van der Waals surface area contributed by atoms with E-state index in [1.165, 1.54) is 29.8 Å². The Morgan fingerprint density at radius 2 is 1.24 bits per heavy atom. The molecule has 4 aromatic carbocycles. The predicted molar refractivity (Wildman–Crippen MR) is 126 cm³/mol. The second kappa shape index (κ2) is 10.4. The molecule has 0 aliphatic rings. The number of hydrogen-bond donors (Lipinski definition) is 0. The van der Waals surface area contributed by atoms with Crippen molar-refractivity contribution in [3.8, 4) is 11.8 Å². The Morgan fingerprint density at radius 1 is 0.636 bits per heavy atom. The quantitative estimate of drug-likeness (QED) is 0.303. The van der Waals surface area contributed by atoms with Crippen LogP contribution in [0.2, 0.25) is 0 Å². The molecular weight excluding hydrogens is 421 g/mol. The van der Waals surface area contributed by atoms with Crippen LogP contribution in [0.1, 0.15) is 27.8 Å². The third-order valence-corrected chi connectivity index (χ3v) is 5.56. The van der Waals surface area contributed by atoms with Gasteiger partial charge in [0.1, 0.15) is 17.5 Å². The molecule has 0 aromatic heterocycles. The first kappa shape index (κ1) is 22.6. The average molecular weight is 444 g/mol. The van der Waals surface area contributed by atoms with Gasteiger partial charge in [-0.3, -0.25) is 0 Å². The Bertz CT molecular complexity index is 1310. The van der Waals surface area contributed by atoms with E-state index in [1.807, 2.05) is 12.1 Å². The van der Waals surface area contributed by atoms with Gasteiger partial charge in [0.25, 0.3) is 0 Å². The maximum atomic E-state index is 14.6. The topological polar surface area (TPSA) is 9.23 Å². The lowest BCUT2D eigenvalue weighted by atomic mass is 10.0. The van der Waals surface area contributed by atoms with Gasteiger partial charge in [0, 0.05) is 12.7 Å². The summed E-state index contributed by atoms with van der Waals surface area (Å²) in [6.45, 7) is 0.675. The maximum Gasteiger partial charge on any atom is 0.142 e.